The molecule has 0 aliphatic heterocycles. The Morgan fingerprint density at radius 3 is 2.21 bits per heavy atom. The number of hydrogen-bond acceptors (Lipinski definition) is 4. The Bertz CT molecular complexity index is 1550. The SMILES string of the molecule is Cc1ccc(N(CC(=O)N(Cc2ccc(Cl)c(Cl)c2)[C@@H](Cc2ccccc2)C(=O)NC2CCCCC2)S(C)(=O)=O)cc1Cl. The summed E-state index contributed by atoms with van der Waals surface area (Å²) in [4.78, 5) is 29.7. The molecule has 3 aromatic rings. The van der Waals surface area contributed by atoms with Crippen molar-refractivity contribution < 1.29 is 18.0 Å². The van der Waals surface area contributed by atoms with Crippen LogP contribution < -0.4 is 9.62 Å². The highest BCUT2D eigenvalue weighted by Crippen LogP contribution is 2.27. The zero-order valence-corrected chi connectivity index (χ0v) is 27.3. The fourth-order valence-corrected chi connectivity index (χ4v) is 6.62. The molecule has 43 heavy (non-hydrogen) atoms. The first kappa shape index (κ1) is 33.1. The molecule has 0 aromatic heterocycles. The average molecular weight is 665 g/mol. The van der Waals surface area contributed by atoms with Crippen molar-refractivity contribution >= 4 is 62.3 Å². The van der Waals surface area contributed by atoms with Crippen LogP contribution in [0.5, 0.6) is 0 Å². The molecule has 2 amide bonds. The minimum absolute atomic E-state index is 0.0115. The average Bonchev–Trinajstić information content (AvgIpc) is 2.97. The highest BCUT2D eigenvalue weighted by molar-refractivity contribution is 7.92. The minimum atomic E-state index is -3.90. The Hall–Kier alpha value is -2.78. The third-order valence-electron chi connectivity index (χ3n) is 7.68. The standard InChI is InChI=1S/C32H36Cl3N3O4S/c1-22-13-15-26(19-28(22)34)38(43(2,41)42)21-31(39)37(20-24-14-16-27(33)29(35)17-24)30(18-23-9-5-3-6-10-23)32(40)36-25-11-7-4-8-12-25/h3,5-6,9-10,13-17,19,25,30H,4,7-8,11-12,18,20-21H2,1-2H3,(H,36,40)/t30-/m0/s1. The highest BCUT2D eigenvalue weighted by atomic mass is 35.5. The van der Waals surface area contributed by atoms with Gasteiger partial charge in [0.1, 0.15) is 12.6 Å². The Kier molecular flexibility index (Phi) is 11.4. The predicted octanol–water partition coefficient (Wildman–Crippen LogP) is 6.81. The van der Waals surface area contributed by atoms with Gasteiger partial charge in [0.15, 0.2) is 0 Å². The van der Waals surface area contributed by atoms with Crippen LogP contribution in [0.15, 0.2) is 66.7 Å². The Labute approximate surface area is 269 Å². The normalized spacial score (nSPS) is 14.6. The van der Waals surface area contributed by atoms with Gasteiger partial charge in [-0.1, -0.05) is 96.5 Å². The van der Waals surface area contributed by atoms with E-state index in [9.17, 15) is 18.0 Å². The van der Waals surface area contributed by atoms with E-state index in [0.717, 1.165) is 53.8 Å². The van der Waals surface area contributed by atoms with Crippen LogP contribution in [0.1, 0.15) is 48.8 Å². The molecule has 11 heteroatoms. The second-order valence-corrected chi connectivity index (χ2v) is 14.2. The summed E-state index contributed by atoms with van der Waals surface area (Å²) in [5, 5.41) is 4.23. The number of hydrogen-bond donors (Lipinski definition) is 1. The van der Waals surface area contributed by atoms with Gasteiger partial charge in [-0.15, -0.1) is 0 Å². The number of carbonyl (C=O) groups is 2. The summed E-state index contributed by atoms with van der Waals surface area (Å²) in [5.74, 6) is -0.832. The molecule has 0 radical (unpaired) electrons. The lowest BCUT2D eigenvalue weighted by Crippen LogP contribution is -2.55. The topological polar surface area (TPSA) is 86.8 Å². The Morgan fingerprint density at radius 2 is 1.58 bits per heavy atom. The van der Waals surface area contributed by atoms with E-state index in [1.807, 2.05) is 30.3 Å². The molecule has 0 bridgehead atoms. The molecule has 0 saturated heterocycles. The molecule has 1 N–H and O–H groups in total. The number of nitrogens with one attached hydrogen (secondary N) is 1. The molecule has 1 saturated carbocycles. The van der Waals surface area contributed by atoms with E-state index in [1.54, 1.807) is 37.3 Å². The van der Waals surface area contributed by atoms with E-state index in [1.165, 1.54) is 11.0 Å². The number of halogens is 3. The largest absolute Gasteiger partial charge is 0.352 e. The van der Waals surface area contributed by atoms with Gasteiger partial charge in [0.2, 0.25) is 21.8 Å². The maximum atomic E-state index is 14.3. The number of rotatable bonds is 11. The molecule has 1 fully saturated rings. The first-order chi connectivity index (χ1) is 20.4. The summed E-state index contributed by atoms with van der Waals surface area (Å²) < 4.78 is 27.0. The van der Waals surface area contributed by atoms with Crippen molar-refractivity contribution in [2.45, 2.75) is 64.1 Å². The summed E-state index contributed by atoms with van der Waals surface area (Å²) in [5.41, 5.74) is 2.54. The van der Waals surface area contributed by atoms with Crippen LogP contribution in [-0.4, -0.2) is 50.0 Å². The van der Waals surface area contributed by atoms with Crippen molar-refractivity contribution in [1.82, 2.24) is 10.2 Å². The number of amides is 2. The van der Waals surface area contributed by atoms with Crippen molar-refractivity contribution in [1.29, 1.82) is 0 Å². The van der Waals surface area contributed by atoms with Gasteiger partial charge in [-0.05, 0) is 60.7 Å². The highest BCUT2D eigenvalue weighted by Gasteiger charge is 2.34. The summed E-state index contributed by atoms with van der Waals surface area (Å²) in [7, 11) is -3.90. The van der Waals surface area contributed by atoms with Crippen LogP contribution in [0, 0.1) is 6.92 Å². The fraction of sp³-hybridized carbons (Fsp3) is 0.375. The van der Waals surface area contributed by atoms with E-state index in [-0.39, 0.29) is 30.6 Å². The van der Waals surface area contributed by atoms with Gasteiger partial charge in [0, 0.05) is 24.0 Å². The van der Waals surface area contributed by atoms with Gasteiger partial charge in [-0.25, -0.2) is 8.42 Å². The Morgan fingerprint density at radius 1 is 0.884 bits per heavy atom. The summed E-state index contributed by atoms with van der Waals surface area (Å²) in [6.45, 7) is 1.29. The number of aryl methyl sites for hydroxylation is 1. The van der Waals surface area contributed by atoms with Gasteiger partial charge in [-0.3, -0.25) is 13.9 Å². The second kappa shape index (κ2) is 14.8. The maximum absolute atomic E-state index is 14.3. The van der Waals surface area contributed by atoms with Crippen molar-refractivity contribution in [3.05, 3.63) is 98.5 Å². The molecule has 0 spiro atoms. The molecule has 7 nitrogen and oxygen atoms in total. The van der Waals surface area contributed by atoms with Crippen LogP contribution in [-0.2, 0) is 32.6 Å². The quantitative estimate of drug-likeness (QED) is 0.244. The predicted molar refractivity (Wildman–Crippen MR) is 174 cm³/mol. The number of benzene rings is 3. The lowest BCUT2D eigenvalue weighted by Gasteiger charge is -2.35. The molecule has 1 aliphatic rings. The molecule has 4 rings (SSSR count). The van der Waals surface area contributed by atoms with Gasteiger partial charge in [0.05, 0.1) is 22.0 Å². The third kappa shape index (κ3) is 9.11. The van der Waals surface area contributed by atoms with Crippen LogP contribution in [0.3, 0.4) is 0 Å². The third-order valence-corrected chi connectivity index (χ3v) is 9.97. The maximum Gasteiger partial charge on any atom is 0.244 e. The fourth-order valence-electron chi connectivity index (χ4n) is 5.28. The number of anilines is 1. The van der Waals surface area contributed by atoms with Gasteiger partial charge in [0.25, 0.3) is 0 Å². The molecular weight excluding hydrogens is 629 g/mol. The number of nitrogens with zero attached hydrogens (tertiary/aromatic N) is 2. The van der Waals surface area contributed by atoms with Crippen LogP contribution in [0.25, 0.3) is 0 Å². The Balaban J connectivity index is 1.74. The molecule has 0 unspecified atom stereocenters. The lowest BCUT2D eigenvalue weighted by molar-refractivity contribution is -0.140. The molecule has 0 heterocycles. The van der Waals surface area contributed by atoms with Gasteiger partial charge >= 0.3 is 0 Å². The van der Waals surface area contributed by atoms with E-state index < -0.39 is 28.5 Å². The van der Waals surface area contributed by atoms with Crippen LogP contribution >= 0.6 is 34.8 Å². The van der Waals surface area contributed by atoms with Gasteiger partial charge in [-0.2, -0.15) is 0 Å². The van der Waals surface area contributed by atoms with Crippen LogP contribution in [0.2, 0.25) is 15.1 Å². The smallest absolute Gasteiger partial charge is 0.244 e. The summed E-state index contributed by atoms with van der Waals surface area (Å²) in [6, 6.07) is 18.4. The van der Waals surface area contributed by atoms with Crippen molar-refractivity contribution in [3.8, 4) is 0 Å². The van der Waals surface area contributed by atoms with E-state index in [4.69, 9.17) is 34.8 Å². The van der Waals surface area contributed by atoms with E-state index >= 15 is 0 Å². The van der Waals surface area contributed by atoms with Crippen LogP contribution in [0.4, 0.5) is 5.69 Å². The van der Waals surface area contributed by atoms with Gasteiger partial charge < -0.3 is 10.2 Å². The van der Waals surface area contributed by atoms with Crippen molar-refractivity contribution in [3.63, 3.8) is 0 Å². The van der Waals surface area contributed by atoms with Crippen molar-refractivity contribution in [2.75, 3.05) is 17.1 Å². The second-order valence-electron chi connectivity index (χ2n) is 11.0. The minimum Gasteiger partial charge on any atom is -0.352 e. The monoisotopic (exact) mass is 663 g/mol. The van der Waals surface area contributed by atoms with E-state index in [2.05, 4.69) is 5.32 Å². The molecule has 230 valence electrons. The number of sulfonamides is 1. The lowest BCUT2D eigenvalue weighted by atomic mass is 9.94. The first-order valence-electron chi connectivity index (χ1n) is 14.2. The zero-order valence-electron chi connectivity index (χ0n) is 24.2. The molecule has 1 atom stereocenters. The summed E-state index contributed by atoms with van der Waals surface area (Å²) in [6.07, 6.45) is 6.22. The van der Waals surface area contributed by atoms with Crippen molar-refractivity contribution in [2.24, 2.45) is 0 Å². The first-order valence-corrected chi connectivity index (χ1v) is 17.2. The van der Waals surface area contributed by atoms with E-state index in [0.29, 0.717) is 20.6 Å². The summed E-state index contributed by atoms with van der Waals surface area (Å²) >= 11 is 18.8. The molecular formula is C32H36Cl3N3O4S. The molecule has 3 aromatic carbocycles. The molecule has 1 aliphatic carbocycles. The zero-order chi connectivity index (χ0) is 31.1. The number of carbonyl (C=O) groups excluding carboxylic acids is 2.